The molecular formula is C17H23NO. The van der Waals surface area contributed by atoms with E-state index in [1.54, 1.807) is 0 Å². The topological polar surface area (TPSA) is 21.3 Å². The minimum Gasteiger partial charge on any atom is -0.493 e. The van der Waals surface area contributed by atoms with Crippen LogP contribution in [-0.4, -0.2) is 19.2 Å². The normalized spacial score (nSPS) is 27.5. The number of rotatable bonds is 5. The van der Waals surface area contributed by atoms with Gasteiger partial charge in [0.1, 0.15) is 5.75 Å². The largest absolute Gasteiger partial charge is 0.493 e. The van der Waals surface area contributed by atoms with Gasteiger partial charge in [0.05, 0.1) is 6.61 Å². The first-order chi connectivity index (χ1) is 9.35. The Bertz CT molecular complexity index is 462. The highest BCUT2D eigenvalue weighted by molar-refractivity contribution is 5.39. The predicted molar refractivity (Wildman–Crippen MR) is 76.6 cm³/mol. The summed E-state index contributed by atoms with van der Waals surface area (Å²) in [6, 6.07) is 9.44. The van der Waals surface area contributed by atoms with Gasteiger partial charge in [0.2, 0.25) is 0 Å². The minimum absolute atomic E-state index is 0.564. The summed E-state index contributed by atoms with van der Waals surface area (Å²) in [6.45, 7) is 2.13. The Morgan fingerprint density at radius 2 is 2.05 bits per heavy atom. The molecule has 1 aromatic carbocycles. The Morgan fingerprint density at radius 3 is 2.79 bits per heavy atom. The van der Waals surface area contributed by atoms with Crippen molar-refractivity contribution in [1.29, 1.82) is 0 Å². The van der Waals surface area contributed by atoms with Crippen molar-refractivity contribution in [2.45, 2.75) is 50.5 Å². The highest BCUT2D eigenvalue weighted by Crippen LogP contribution is 2.50. The molecule has 2 fully saturated rings. The van der Waals surface area contributed by atoms with E-state index in [0.717, 1.165) is 18.4 Å². The lowest BCUT2D eigenvalue weighted by Crippen LogP contribution is -2.42. The van der Waals surface area contributed by atoms with E-state index in [-0.39, 0.29) is 0 Å². The molecule has 4 rings (SSSR count). The molecule has 19 heavy (non-hydrogen) atoms. The maximum absolute atomic E-state index is 5.84. The second kappa shape index (κ2) is 4.52. The lowest BCUT2D eigenvalue weighted by molar-refractivity contribution is 0.100. The first-order valence-corrected chi connectivity index (χ1v) is 7.80. The maximum atomic E-state index is 5.84. The molecule has 0 amide bonds. The highest BCUT2D eigenvalue weighted by Gasteiger charge is 2.41. The molecule has 0 spiro atoms. The molecule has 102 valence electrons. The fraction of sp³-hybridized carbons (Fsp3) is 0.647. The van der Waals surface area contributed by atoms with E-state index in [9.17, 15) is 0 Å². The molecule has 0 aromatic heterocycles. The van der Waals surface area contributed by atoms with Crippen LogP contribution in [-0.2, 0) is 0 Å². The highest BCUT2D eigenvalue weighted by atomic mass is 16.5. The molecule has 0 bridgehead atoms. The van der Waals surface area contributed by atoms with Crippen LogP contribution < -0.4 is 10.1 Å². The monoisotopic (exact) mass is 257 g/mol. The summed E-state index contributed by atoms with van der Waals surface area (Å²) in [6.07, 6.45) is 8.33. The molecule has 1 unspecified atom stereocenters. The predicted octanol–water partition coefficient (Wildman–Crippen LogP) is 3.48. The van der Waals surface area contributed by atoms with Gasteiger partial charge in [-0.2, -0.15) is 0 Å². The van der Waals surface area contributed by atoms with Gasteiger partial charge < -0.3 is 10.1 Å². The number of benzene rings is 1. The molecule has 2 nitrogen and oxygen atoms in total. The van der Waals surface area contributed by atoms with Crippen molar-refractivity contribution in [2.75, 3.05) is 13.2 Å². The standard InChI is InChI=1S/C17H23NO/c1-2-5-16-15(4-1)13(11-19-16)10-17(8-3-9-17)12-18-14-6-7-14/h1-2,4-5,13-14,18H,3,6-12H2. The third-order valence-corrected chi connectivity index (χ3v) is 5.24. The second-order valence-corrected chi connectivity index (χ2v) is 6.76. The Morgan fingerprint density at radius 1 is 1.21 bits per heavy atom. The van der Waals surface area contributed by atoms with Crippen molar-refractivity contribution in [1.82, 2.24) is 5.32 Å². The molecule has 1 N–H and O–H groups in total. The Hall–Kier alpha value is -1.02. The molecule has 2 saturated carbocycles. The Labute approximate surface area is 115 Å². The average Bonchev–Trinajstić information content (AvgIpc) is 3.14. The molecule has 2 aliphatic carbocycles. The van der Waals surface area contributed by atoms with E-state index in [2.05, 4.69) is 29.6 Å². The summed E-state index contributed by atoms with van der Waals surface area (Å²) < 4.78 is 5.84. The molecule has 1 aromatic rings. The molecular weight excluding hydrogens is 234 g/mol. The van der Waals surface area contributed by atoms with E-state index < -0.39 is 0 Å². The molecule has 1 heterocycles. The van der Waals surface area contributed by atoms with Crippen LogP contribution in [0.3, 0.4) is 0 Å². The third kappa shape index (κ3) is 2.27. The lowest BCUT2D eigenvalue weighted by atomic mass is 9.63. The molecule has 2 heteroatoms. The summed E-state index contributed by atoms with van der Waals surface area (Å²) in [5.74, 6) is 1.75. The number of nitrogens with one attached hydrogen (secondary N) is 1. The summed E-state index contributed by atoms with van der Waals surface area (Å²) in [4.78, 5) is 0. The quantitative estimate of drug-likeness (QED) is 0.872. The van der Waals surface area contributed by atoms with Crippen LogP contribution in [0.4, 0.5) is 0 Å². The third-order valence-electron chi connectivity index (χ3n) is 5.24. The number of ether oxygens (including phenoxy) is 1. The zero-order valence-electron chi connectivity index (χ0n) is 11.5. The van der Waals surface area contributed by atoms with E-state index in [1.807, 2.05) is 0 Å². The first-order valence-electron chi connectivity index (χ1n) is 7.80. The van der Waals surface area contributed by atoms with Gasteiger partial charge >= 0.3 is 0 Å². The van der Waals surface area contributed by atoms with Gasteiger partial charge in [-0.25, -0.2) is 0 Å². The Balaban J connectivity index is 1.45. The summed E-state index contributed by atoms with van der Waals surface area (Å²) in [5.41, 5.74) is 2.01. The number of hydrogen-bond acceptors (Lipinski definition) is 2. The van der Waals surface area contributed by atoms with E-state index >= 15 is 0 Å². The van der Waals surface area contributed by atoms with Crippen LogP contribution >= 0.6 is 0 Å². The molecule has 1 atom stereocenters. The smallest absolute Gasteiger partial charge is 0.122 e. The summed E-state index contributed by atoms with van der Waals surface area (Å²) in [7, 11) is 0. The van der Waals surface area contributed by atoms with Crippen LogP contribution in [0.1, 0.15) is 50.0 Å². The van der Waals surface area contributed by atoms with Gasteiger partial charge in [-0.15, -0.1) is 0 Å². The van der Waals surface area contributed by atoms with Gasteiger partial charge in [-0.1, -0.05) is 24.6 Å². The lowest BCUT2D eigenvalue weighted by Gasteiger charge is -2.44. The Kier molecular flexibility index (Phi) is 2.80. The summed E-state index contributed by atoms with van der Waals surface area (Å²) >= 11 is 0. The van der Waals surface area contributed by atoms with Crippen LogP contribution in [0, 0.1) is 5.41 Å². The van der Waals surface area contributed by atoms with Crippen molar-refractivity contribution in [3.8, 4) is 5.75 Å². The van der Waals surface area contributed by atoms with Gasteiger partial charge in [-0.3, -0.25) is 0 Å². The van der Waals surface area contributed by atoms with Crippen molar-refractivity contribution >= 4 is 0 Å². The van der Waals surface area contributed by atoms with Crippen LogP contribution in [0.5, 0.6) is 5.75 Å². The van der Waals surface area contributed by atoms with Gasteiger partial charge in [0.25, 0.3) is 0 Å². The molecule has 0 radical (unpaired) electrons. The van der Waals surface area contributed by atoms with Gasteiger partial charge in [0.15, 0.2) is 0 Å². The first kappa shape index (κ1) is 11.8. The second-order valence-electron chi connectivity index (χ2n) is 6.76. The van der Waals surface area contributed by atoms with Gasteiger partial charge in [-0.05, 0) is 43.6 Å². The van der Waals surface area contributed by atoms with Gasteiger partial charge in [0, 0.05) is 24.1 Å². The molecule has 1 aliphatic heterocycles. The van der Waals surface area contributed by atoms with E-state index in [4.69, 9.17) is 4.74 Å². The van der Waals surface area contributed by atoms with Crippen molar-refractivity contribution in [3.05, 3.63) is 29.8 Å². The van der Waals surface area contributed by atoms with E-state index in [1.165, 1.54) is 50.6 Å². The van der Waals surface area contributed by atoms with Crippen molar-refractivity contribution in [2.24, 2.45) is 5.41 Å². The molecule has 3 aliphatic rings. The maximum Gasteiger partial charge on any atom is 0.122 e. The average molecular weight is 257 g/mol. The van der Waals surface area contributed by atoms with Crippen LogP contribution in [0.15, 0.2) is 24.3 Å². The van der Waals surface area contributed by atoms with Crippen molar-refractivity contribution in [3.63, 3.8) is 0 Å². The number of para-hydroxylation sites is 1. The van der Waals surface area contributed by atoms with Crippen LogP contribution in [0.2, 0.25) is 0 Å². The molecule has 0 saturated heterocycles. The fourth-order valence-electron chi connectivity index (χ4n) is 3.70. The minimum atomic E-state index is 0.564. The zero-order valence-corrected chi connectivity index (χ0v) is 11.5. The summed E-state index contributed by atoms with van der Waals surface area (Å²) in [5, 5.41) is 3.76. The van der Waals surface area contributed by atoms with Crippen LogP contribution in [0.25, 0.3) is 0 Å². The van der Waals surface area contributed by atoms with Crippen molar-refractivity contribution < 1.29 is 4.74 Å². The van der Waals surface area contributed by atoms with E-state index in [0.29, 0.717) is 11.3 Å². The number of fused-ring (bicyclic) bond motifs is 1. The number of hydrogen-bond donors (Lipinski definition) is 1. The SMILES string of the molecule is c1ccc2c(c1)OCC2CC1(CNC2CC2)CCC1. The zero-order chi connectivity index (χ0) is 12.7. The fourth-order valence-corrected chi connectivity index (χ4v) is 3.70.